The molecule has 7 nitrogen and oxygen atoms in total. The largest absolute Gasteiger partial charge is 0.338 e. The minimum absolute atomic E-state index is 0. The van der Waals surface area contributed by atoms with Gasteiger partial charge in [0.2, 0.25) is 5.91 Å². The first kappa shape index (κ1) is 19.6. The Kier molecular flexibility index (Phi) is 6.35. The monoisotopic (exact) mass is 366 g/mol. The Morgan fingerprint density at radius 2 is 2.16 bits per heavy atom. The zero-order chi connectivity index (χ0) is 17.3. The van der Waals surface area contributed by atoms with Gasteiger partial charge in [0.25, 0.3) is 5.78 Å². The third kappa shape index (κ3) is 3.93. The number of hydrogen-bond acceptors (Lipinski definition) is 5. The van der Waals surface area contributed by atoms with Crippen molar-refractivity contribution in [1.29, 1.82) is 0 Å². The summed E-state index contributed by atoms with van der Waals surface area (Å²) in [7, 11) is 0. The van der Waals surface area contributed by atoms with Gasteiger partial charge >= 0.3 is 0 Å². The lowest BCUT2D eigenvalue weighted by Crippen LogP contribution is -2.51. The van der Waals surface area contributed by atoms with Gasteiger partial charge in [-0.05, 0) is 52.0 Å². The fourth-order valence-electron chi connectivity index (χ4n) is 3.71. The quantitative estimate of drug-likeness (QED) is 0.891. The zero-order valence-electron chi connectivity index (χ0n) is 15.1. The third-order valence-electron chi connectivity index (χ3n) is 5.05. The molecule has 1 saturated heterocycles. The minimum Gasteiger partial charge on any atom is -0.338 e. The van der Waals surface area contributed by atoms with E-state index in [1.165, 1.54) is 6.33 Å². The smallest absolute Gasteiger partial charge is 0.252 e. The zero-order valence-corrected chi connectivity index (χ0v) is 15.9. The fraction of sp³-hybridized carbons (Fsp3) is 0.647. The molecule has 1 aliphatic rings. The summed E-state index contributed by atoms with van der Waals surface area (Å²) in [6.07, 6.45) is 5.88. The molecule has 1 amide bonds. The Hall–Kier alpha value is -1.73. The molecule has 2 aromatic rings. The van der Waals surface area contributed by atoms with Crippen LogP contribution in [0.4, 0.5) is 0 Å². The molecule has 0 saturated carbocycles. The molecule has 1 aliphatic heterocycles. The number of carbonyl (C=O) groups is 1. The van der Waals surface area contributed by atoms with Gasteiger partial charge in [-0.25, -0.2) is 9.50 Å². The van der Waals surface area contributed by atoms with Crippen LogP contribution in [0.2, 0.25) is 0 Å². The molecule has 2 atom stereocenters. The molecular formula is C17H27ClN6O. The molecule has 2 unspecified atom stereocenters. The number of carbonyl (C=O) groups excluding carboxylic acids is 1. The molecule has 0 aromatic carbocycles. The highest BCUT2D eigenvalue weighted by Crippen LogP contribution is 2.21. The highest BCUT2D eigenvalue weighted by Gasteiger charge is 2.29. The number of rotatable bonds is 4. The van der Waals surface area contributed by atoms with Gasteiger partial charge in [-0.1, -0.05) is 0 Å². The lowest BCUT2D eigenvalue weighted by molar-refractivity contribution is -0.135. The van der Waals surface area contributed by atoms with Crippen LogP contribution in [0.15, 0.2) is 6.33 Å². The lowest BCUT2D eigenvalue weighted by Gasteiger charge is -2.38. The number of aromatic nitrogens is 4. The van der Waals surface area contributed by atoms with Crippen LogP contribution in [0, 0.1) is 13.8 Å². The Labute approximate surface area is 154 Å². The second kappa shape index (κ2) is 8.10. The van der Waals surface area contributed by atoms with Crippen molar-refractivity contribution in [2.24, 2.45) is 5.73 Å². The Morgan fingerprint density at radius 1 is 1.40 bits per heavy atom. The molecule has 3 rings (SSSR count). The normalized spacial score (nSPS) is 18.9. The molecule has 1 fully saturated rings. The molecular weight excluding hydrogens is 340 g/mol. The van der Waals surface area contributed by atoms with E-state index in [4.69, 9.17) is 5.73 Å². The van der Waals surface area contributed by atoms with E-state index in [1.807, 2.05) is 25.7 Å². The SMILES string of the molecule is Cc1nc2ncnn2c(C)c1CCC(=O)N1CCCCC1C(C)N.Cl. The van der Waals surface area contributed by atoms with Crippen molar-refractivity contribution in [3.05, 3.63) is 23.3 Å². The van der Waals surface area contributed by atoms with E-state index in [0.29, 0.717) is 18.6 Å². The number of nitrogens with zero attached hydrogens (tertiary/aromatic N) is 5. The van der Waals surface area contributed by atoms with E-state index in [2.05, 4.69) is 15.1 Å². The molecule has 2 N–H and O–H groups in total. The van der Waals surface area contributed by atoms with Crippen LogP contribution in [0.25, 0.3) is 5.78 Å². The third-order valence-corrected chi connectivity index (χ3v) is 5.05. The summed E-state index contributed by atoms with van der Waals surface area (Å²) in [6.45, 7) is 6.78. The highest BCUT2D eigenvalue weighted by atomic mass is 35.5. The van der Waals surface area contributed by atoms with Gasteiger partial charge in [-0.3, -0.25) is 4.79 Å². The molecule has 0 spiro atoms. The van der Waals surface area contributed by atoms with Crippen LogP contribution in [0.3, 0.4) is 0 Å². The lowest BCUT2D eigenvalue weighted by atomic mass is 9.96. The summed E-state index contributed by atoms with van der Waals surface area (Å²) in [4.78, 5) is 23.3. The number of piperidine rings is 1. The standard InChI is InChI=1S/C17H26N6O.ClH/c1-11(18)15-6-4-5-9-22(15)16(24)8-7-14-12(2)21-17-19-10-20-23(17)13(14)3;/h10-11,15H,4-9,18H2,1-3H3;1H. The van der Waals surface area contributed by atoms with Crippen molar-refractivity contribution < 1.29 is 4.79 Å². The van der Waals surface area contributed by atoms with Gasteiger partial charge < -0.3 is 10.6 Å². The Bertz CT molecular complexity index is 744. The van der Waals surface area contributed by atoms with Crippen molar-refractivity contribution in [3.8, 4) is 0 Å². The average Bonchev–Trinajstić information content (AvgIpc) is 3.02. The van der Waals surface area contributed by atoms with Crippen LogP contribution in [-0.4, -0.2) is 49.0 Å². The number of nitrogens with two attached hydrogens (primary N) is 1. The summed E-state index contributed by atoms with van der Waals surface area (Å²) in [5.74, 6) is 0.794. The molecule has 138 valence electrons. The summed E-state index contributed by atoms with van der Waals surface area (Å²) in [6, 6.07) is 0.190. The number of fused-ring (bicyclic) bond motifs is 1. The van der Waals surface area contributed by atoms with Crippen LogP contribution in [0.5, 0.6) is 0 Å². The predicted molar refractivity (Wildman–Crippen MR) is 98.8 cm³/mol. The number of likely N-dealkylation sites (tertiary alicyclic amines) is 1. The van der Waals surface area contributed by atoms with Crippen molar-refractivity contribution in [1.82, 2.24) is 24.5 Å². The topological polar surface area (TPSA) is 89.4 Å². The molecule has 2 aromatic heterocycles. The van der Waals surface area contributed by atoms with E-state index in [0.717, 1.165) is 42.8 Å². The second-order valence-corrected chi connectivity index (χ2v) is 6.74. The summed E-state index contributed by atoms with van der Waals surface area (Å²) >= 11 is 0. The molecule has 0 aliphatic carbocycles. The Morgan fingerprint density at radius 3 is 2.88 bits per heavy atom. The first-order chi connectivity index (χ1) is 11.5. The van der Waals surface area contributed by atoms with E-state index < -0.39 is 0 Å². The number of halogens is 1. The molecule has 0 bridgehead atoms. The van der Waals surface area contributed by atoms with Crippen molar-refractivity contribution in [3.63, 3.8) is 0 Å². The van der Waals surface area contributed by atoms with Crippen LogP contribution >= 0.6 is 12.4 Å². The van der Waals surface area contributed by atoms with E-state index in [9.17, 15) is 4.79 Å². The molecule has 8 heteroatoms. The Balaban J connectivity index is 0.00000225. The van der Waals surface area contributed by atoms with Crippen molar-refractivity contribution >= 4 is 24.1 Å². The summed E-state index contributed by atoms with van der Waals surface area (Å²) < 4.78 is 1.73. The second-order valence-electron chi connectivity index (χ2n) is 6.74. The van der Waals surface area contributed by atoms with Crippen LogP contribution in [0.1, 0.15) is 49.6 Å². The van der Waals surface area contributed by atoms with E-state index >= 15 is 0 Å². The van der Waals surface area contributed by atoms with Gasteiger partial charge in [-0.15, -0.1) is 12.4 Å². The van der Waals surface area contributed by atoms with Gasteiger partial charge in [-0.2, -0.15) is 10.1 Å². The first-order valence-corrected chi connectivity index (χ1v) is 8.70. The molecule has 0 radical (unpaired) electrons. The van der Waals surface area contributed by atoms with Gasteiger partial charge in [0.1, 0.15) is 6.33 Å². The number of aryl methyl sites for hydroxylation is 2. The fourth-order valence-corrected chi connectivity index (χ4v) is 3.71. The van der Waals surface area contributed by atoms with Crippen LogP contribution in [-0.2, 0) is 11.2 Å². The number of amides is 1. The molecule has 25 heavy (non-hydrogen) atoms. The van der Waals surface area contributed by atoms with Crippen molar-refractivity contribution in [2.45, 2.75) is 65.0 Å². The van der Waals surface area contributed by atoms with Crippen LogP contribution < -0.4 is 5.73 Å². The average molecular weight is 367 g/mol. The predicted octanol–water partition coefficient (Wildman–Crippen LogP) is 1.82. The number of hydrogen-bond donors (Lipinski definition) is 1. The van der Waals surface area contributed by atoms with E-state index in [-0.39, 0.29) is 30.4 Å². The maximum Gasteiger partial charge on any atom is 0.252 e. The van der Waals surface area contributed by atoms with Gasteiger partial charge in [0.15, 0.2) is 0 Å². The minimum atomic E-state index is 0. The summed E-state index contributed by atoms with van der Waals surface area (Å²) in [5, 5.41) is 4.20. The maximum atomic E-state index is 12.7. The summed E-state index contributed by atoms with van der Waals surface area (Å²) in [5.41, 5.74) is 9.08. The van der Waals surface area contributed by atoms with Gasteiger partial charge in [0.05, 0.1) is 0 Å². The first-order valence-electron chi connectivity index (χ1n) is 8.70. The highest BCUT2D eigenvalue weighted by molar-refractivity contribution is 5.85. The maximum absolute atomic E-state index is 12.7. The molecule has 3 heterocycles. The van der Waals surface area contributed by atoms with Gasteiger partial charge in [0, 0.05) is 36.4 Å². The van der Waals surface area contributed by atoms with Crippen molar-refractivity contribution in [2.75, 3.05) is 6.54 Å². The van der Waals surface area contributed by atoms with E-state index in [1.54, 1.807) is 4.52 Å².